The normalized spacial score (nSPS) is 11.6. The fourth-order valence-corrected chi connectivity index (χ4v) is 4.91. The topological polar surface area (TPSA) is 12.9 Å². The molecule has 5 aromatic carbocycles. The molecule has 0 radical (unpaired) electrons. The van der Waals surface area contributed by atoms with Crippen molar-refractivity contribution >= 4 is 48.2 Å². The summed E-state index contributed by atoms with van der Waals surface area (Å²) in [5, 5.41) is 7.86. The summed E-state index contributed by atoms with van der Waals surface area (Å²) in [6.45, 7) is 0. The van der Waals surface area contributed by atoms with Crippen molar-refractivity contribution in [3.8, 4) is 22.4 Å². The first-order valence-corrected chi connectivity index (χ1v) is 10.5. The first-order chi connectivity index (χ1) is 14.3. The first-order valence-electron chi connectivity index (χ1n) is 9.67. The summed E-state index contributed by atoms with van der Waals surface area (Å²) in [6, 6.07) is 32.6. The average molecular weight is 434 g/mol. The van der Waals surface area contributed by atoms with Gasteiger partial charge in [-0.2, -0.15) is 0 Å². The predicted molar refractivity (Wildman–Crippen MR) is 127 cm³/mol. The van der Waals surface area contributed by atoms with E-state index in [2.05, 4.69) is 99.8 Å². The lowest BCUT2D eigenvalue weighted by atomic mass is 9.89. The smallest absolute Gasteiger partial charge is 0.0702 e. The van der Waals surface area contributed by atoms with E-state index >= 15 is 0 Å². The van der Waals surface area contributed by atoms with Crippen molar-refractivity contribution in [3.63, 3.8) is 0 Å². The van der Waals surface area contributed by atoms with Gasteiger partial charge in [0.05, 0.1) is 5.69 Å². The molecule has 0 aliphatic heterocycles. The minimum atomic E-state index is 0.979. The number of benzene rings is 5. The van der Waals surface area contributed by atoms with Crippen LogP contribution < -0.4 is 0 Å². The number of aromatic nitrogens is 1. The van der Waals surface area contributed by atoms with Crippen LogP contribution in [-0.4, -0.2) is 4.98 Å². The quantitative estimate of drug-likeness (QED) is 0.251. The Balaban J connectivity index is 1.67. The second-order valence-electron chi connectivity index (χ2n) is 7.41. The van der Waals surface area contributed by atoms with Crippen LogP contribution in [0.2, 0.25) is 0 Å². The Morgan fingerprint density at radius 1 is 0.586 bits per heavy atom. The molecular formula is C27H16BrN. The van der Waals surface area contributed by atoms with E-state index in [0.29, 0.717) is 0 Å². The van der Waals surface area contributed by atoms with Gasteiger partial charge < -0.3 is 0 Å². The second kappa shape index (κ2) is 6.40. The first kappa shape index (κ1) is 16.7. The van der Waals surface area contributed by atoms with Crippen molar-refractivity contribution < 1.29 is 0 Å². The van der Waals surface area contributed by atoms with Gasteiger partial charge in [0.1, 0.15) is 0 Å². The Labute approximate surface area is 177 Å². The van der Waals surface area contributed by atoms with E-state index in [-0.39, 0.29) is 0 Å². The van der Waals surface area contributed by atoms with Crippen molar-refractivity contribution in [2.24, 2.45) is 0 Å². The van der Waals surface area contributed by atoms with Crippen molar-refractivity contribution in [2.75, 3.05) is 0 Å². The standard InChI is InChI=1S/C27H16BrN/c28-22-15-20(14-21(16-22)25-6-1-2-13-29-25)23-11-9-19-8-7-17-4-3-5-18-10-12-24(23)27(19)26(17)18/h1-16H. The van der Waals surface area contributed by atoms with Crippen LogP contribution in [0.1, 0.15) is 0 Å². The molecule has 0 unspecified atom stereocenters. The molecule has 29 heavy (non-hydrogen) atoms. The van der Waals surface area contributed by atoms with E-state index in [4.69, 9.17) is 0 Å². The van der Waals surface area contributed by atoms with Gasteiger partial charge >= 0.3 is 0 Å². The van der Waals surface area contributed by atoms with Crippen molar-refractivity contribution in [3.05, 3.63) is 102 Å². The van der Waals surface area contributed by atoms with Crippen molar-refractivity contribution in [1.29, 1.82) is 0 Å². The molecule has 0 fully saturated rings. The Morgan fingerprint density at radius 2 is 1.31 bits per heavy atom. The molecule has 0 amide bonds. The number of halogens is 1. The van der Waals surface area contributed by atoms with Crippen LogP contribution in [0.5, 0.6) is 0 Å². The summed E-state index contributed by atoms with van der Waals surface area (Å²) in [5.74, 6) is 0. The Kier molecular flexibility index (Phi) is 3.68. The lowest BCUT2D eigenvalue weighted by Crippen LogP contribution is -1.89. The van der Waals surface area contributed by atoms with Crippen LogP contribution >= 0.6 is 15.9 Å². The van der Waals surface area contributed by atoms with E-state index < -0.39 is 0 Å². The number of pyridine rings is 1. The molecule has 0 atom stereocenters. The molecule has 0 saturated carbocycles. The third kappa shape index (κ3) is 2.64. The molecule has 1 heterocycles. The van der Waals surface area contributed by atoms with Gasteiger partial charge in [0, 0.05) is 16.2 Å². The zero-order valence-electron chi connectivity index (χ0n) is 15.6. The van der Waals surface area contributed by atoms with Gasteiger partial charge in [-0.05, 0) is 73.8 Å². The maximum absolute atomic E-state index is 4.53. The lowest BCUT2D eigenvalue weighted by molar-refractivity contribution is 1.32. The summed E-state index contributed by atoms with van der Waals surface area (Å²) >= 11 is 3.71. The number of hydrogen-bond donors (Lipinski definition) is 0. The summed E-state index contributed by atoms with van der Waals surface area (Å²) in [7, 11) is 0. The van der Waals surface area contributed by atoms with Crippen LogP contribution in [0, 0.1) is 0 Å². The molecule has 0 spiro atoms. The van der Waals surface area contributed by atoms with Crippen molar-refractivity contribution in [1.82, 2.24) is 4.98 Å². The molecule has 1 nitrogen and oxygen atoms in total. The fraction of sp³-hybridized carbons (Fsp3) is 0. The Bertz CT molecular complexity index is 1490. The molecule has 1 aromatic heterocycles. The molecule has 0 aliphatic carbocycles. The number of nitrogens with zero attached hydrogens (tertiary/aromatic N) is 1. The van der Waals surface area contributed by atoms with E-state index in [1.807, 2.05) is 18.3 Å². The highest BCUT2D eigenvalue weighted by Gasteiger charge is 2.13. The van der Waals surface area contributed by atoms with Gasteiger partial charge in [0.2, 0.25) is 0 Å². The van der Waals surface area contributed by atoms with E-state index in [0.717, 1.165) is 15.7 Å². The Morgan fingerprint density at radius 3 is 2.10 bits per heavy atom. The molecule has 0 bridgehead atoms. The number of hydrogen-bond acceptors (Lipinski definition) is 1. The van der Waals surface area contributed by atoms with Gasteiger partial charge in [0.25, 0.3) is 0 Å². The third-order valence-electron chi connectivity index (χ3n) is 5.70. The minimum absolute atomic E-state index is 0.979. The summed E-state index contributed by atoms with van der Waals surface area (Å²) in [6.07, 6.45) is 1.84. The maximum atomic E-state index is 4.53. The van der Waals surface area contributed by atoms with Gasteiger partial charge in [-0.1, -0.05) is 76.6 Å². The highest BCUT2D eigenvalue weighted by atomic mass is 79.9. The number of rotatable bonds is 2. The van der Waals surface area contributed by atoms with Gasteiger partial charge in [-0.15, -0.1) is 0 Å². The highest BCUT2D eigenvalue weighted by Crippen LogP contribution is 2.40. The van der Waals surface area contributed by atoms with E-state index in [9.17, 15) is 0 Å². The monoisotopic (exact) mass is 433 g/mol. The molecule has 0 aliphatic rings. The summed E-state index contributed by atoms with van der Waals surface area (Å²) < 4.78 is 1.06. The van der Waals surface area contributed by atoms with Crippen LogP contribution in [0.4, 0.5) is 0 Å². The van der Waals surface area contributed by atoms with Crippen LogP contribution in [-0.2, 0) is 0 Å². The molecule has 2 heteroatoms. The molecule has 6 aromatic rings. The molecule has 0 N–H and O–H groups in total. The summed E-state index contributed by atoms with van der Waals surface area (Å²) in [4.78, 5) is 4.53. The average Bonchev–Trinajstić information content (AvgIpc) is 2.77. The van der Waals surface area contributed by atoms with Crippen molar-refractivity contribution in [2.45, 2.75) is 0 Å². The zero-order valence-corrected chi connectivity index (χ0v) is 17.1. The molecule has 136 valence electrons. The second-order valence-corrected chi connectivity index (χ2v) is 8.33. The molecule has 0 saturated heterocycles. The Hall–Kier alpha value is -3.23. The van der Waals surface area contributed by atoms with Gasteiger partial charge in [-0.25, -0.2) is 0 Å². The lowest BCUT2D eigenvalue weighted by Gasteiger charge is -2.15. The predicted octanol–water partition coefficient (Wildman–Crippen LogP) is 8.08. The highest BCUT2D eigenvalue weighted by molar-refractivity contribution is 9.10. The van der Waals surface area contributed by atoms with E-state index in [1.54, 1.807) is 0 Å². The van der Waals surface area contributed by atoms with Crippen LogP contribution in [0.3, 0.4) is 0 Å². The third-order valence-corrected chi connectivity index (χ3v) is 6.16. The maximum Gasteiger partial charge on any atom is 0.0702 e. The van der Waals surface area contributed by atoms with Crippen LogP contribution in [0.15, 0.2) is 102 Å². The van der Waals surface area contributed by atoms with E-state index in [1.165, 1.54) is 43.4 Å². The SMILES string of the molecule is Brc1cc(-c2ccccn2)cc(-c2ccc3ccc4cccc5ccc2c3c45)c1. The fourth-order valence-electron chi connectivity index (χ4n) is 4.41. The van der Waals surface area contributed by atoms with Gasteiger partial charge in [-0.3, -0.25) is 4.98 Å². The zero-order chi connectivity index (χ0) is 19.4. The van der Waals surface area contributed by atoms with Gasteiger partial charge in [0.15, 0.2) is 0 Å². The summed E-state index contributed by atoms with van der Waals surface area (Å²) in [5.41, 5.74) is 4.53. The molecule has 6 rings (SSSR count). The van der Waals surface area contributed by atoms with Crippen LogP contribution in [0.25, 0.3) is 54.7 Å². The molecular weight excluding hydrogens is 418 g/mol. The largest absolute Gasteiger partial charge is 0.256 e. The minimum Gasteiger partial charge on any atom is -0.256 e.